The minimum Gasteiger partial charge on any atom is -0.429 e. The summed E-state index contributed by atoms with van der Waals surface area (Å²) in [5.74, 6) is 0. The number of fused-ring (bicyclic) bond motifs is 1. The van der Waals surface area contributed by atoms with E-state index in [4.69, 9.17) is 10.0 Å². The van der Waals surface area contributed by atoms with Crippen LogP contribution in [0.4, 0.5) is 0 Å². The van der Waals surface area contributed by atoms with Gasteiger partial charge in [0.15, 0.2) is 0 Å². The molecule has 6 nitrogen and oxygen atoms in total. The van der Waals surface area contributed by atoms with Gasteiger partial charge in [0.05, 0.1) is 0 Å². The largest absolute Gasteiger partial charge is 0.482 e. The van der Waals surface area contributed by atoms with E-state index in [2.05, 4.69) is 20.4 Å². The first-order chi connectivity index (χ1) is 5.88. The molecule has 1 radical (unpaired) electrons. The Morgan fingerprint density at radius 2 is 2.08 bits per heavy atom. The minimum absolute atomic E-state index is 0. The standard InChI is InChI=1S/C5H4N4.BH2O2/c1-2-4-5(6-3-1)8-9-7-4;2-1-3/h1-3H,(H,6,7,8,9);2-3H. The predicted octanol–water partition coefficient (Wildman–Crippen LogP) is -1.14. The quantitative estimate of drug-likeness (QED) is 0.428. The topological polar surface area (TPSA) is 94.9 Å². The van der Waals surface area contributed by atoms with Crippen LogP contribution in [0.15, 0.2) is 18.3 Å². The van der Waals surface area contributed by atoms with E-state index in [1.807, 2.05) is 12.1 Å². The number of H-pyrrole nitrogens is 1. The summed E-state index contributed by atoms with van der Waals surface area (Å²) in [5, 5.41) is 24.1. The lowest BCUT2D eigenvalue weighted by Gasteiger charge is -1.77. The predicted molar refractivity (Wildman–Crippen MR) is 41.9 cm³/mol. The fourth-order valence-electron chi connectivity index (χ4n) is 0.688. The molecule has 0 bridgehead atoms. The second-order valence-electron chi connectivity index (χ2n) is 1.79. The zero-order valence-corrected chi connectivity index (χ0v) is 6.05. The normalized spacial score (nSPS) is 8.83. The first-order valence-corrected chi connectivity index (χ1v) is 3.10. The van der Waals surface area contributed by atoms with E-state index in [0.717, 1.165) is 5.52 Å². The number of nitrogens with zero attached hydrogens (tertiary/aromatic N) is 3. The average molecular weight is 165 g/mol. The lowest BCUT2D eigenvalue weighted by atomic mass is 10.4. The van der Waals surface area contributed by atoms with Gasteiger partial charge in [0.1, 0.15) is 5.52 Å². The third-order valence-corrected chi connectivity index (χ3v) is 1.09. The Bertz CT molecular complexity index is 308. The van der Waals surface area contributed by atoms with E-state index in [0.29, 0.717) is 5.65 Å². The Morgan fingerprint density at radius 1 is 1.33 bits per heavy atom. The van der Waals surface area contributed by atoms with Crippen LogP contribution in [0.25, 0.3) is 11.2 Å². The van der Waals surface area contributed by atoms with Crippen molar-refractivity contribution in [2.24, 2.45) is 0 Å². The minimum atomic E-state index is 0. The molecule has 0 amide bonds. The Morgan fingerprint density at radius 3 is 2.75 bits per heavy atom. The van der Waals surface area contributed by atoms with Crippen molar-refractivity contribution in [1.29, 1.82) is 0 Å². The Kier molecular flexibility index (Phi) is 3.18. The molecule has 0 aliphatic heterocycles. The summed E-state index contributed by atoms with van der Waals surface area (Å²) >= 11 is 0. The number of hydrogen-bond donors (Lipinski definition) is 3. The molecule has 0 spiro atoms. The van der Waals surface area contributed by atoms with E-state index in [-0.39, 0.29) is 7.69 Å². The molecule has 0 aliphatic carbocycles. The van der Waals surface area contributed by atoms with Crippen molar-refractivity contribution in [2.45, 2.75) is 0 Å². The molecular weight excluding hydrogens is 159 g/mol. The molecule has 2 rings (SSSR count). The number of aromatic nitrogens is 4. The molecule has 0 atom stereocenters. The molecule has 0 aromatic carbocycles. The van der Waals surface area contributed by atoms with Crippen LogP contribution in [-0.2, 0) is 0 Å². The molecule has 0 saturated carbocycles. The fourth-order valence-corrected chi connectivity index (χ4v) is 0.688. The van der Waals surface area contributed by atoms with E-state index >= 15 is 0 Å². The highest BCUT2D eigenvalue weighted by molar-refractivity contribution is 6.13. The van der Waals surface area contributed by atoms with Gasteiger partial charge in [0, 0.05) is 6.20 Å². The van der Waals surface area contributed by atoms with Gasteiger partial charge in [-0.15, -0.1) is 5.10 Å². The van der Waals surface area contributed by atoms with Crippen LogP contribution in [0.1, 0.15) is 0 Å². The molecule has 0 saturated heterocycles. The van der Waals surface area contributed by atoms with Gasteiger partial charge >= 0.3 is 7.69 Å². The third-order valence-electron chi connectivity index (χ3n) is 1.09. The van der Waals surface area contributed by atoms with Gasteiger partial charge in [-0.05, 0) is 12.1 Å². The highest BCUT2D eigenvalue weighted by Gasteiger charge is 1.92. The summed E-state index contributed by atoms with van der Waals surface area (Å²) in [6, 6.07) is 3.68. The molecule has 2 aromatic rings. The van der Waals surface area contributed by atoms with Crippen molar-refractivity contribution in [3.8, 4) is 0 Å². The zero-order chi connectivity index (χ0) is 8.81. The van der Waals surface area contributed by atoms with E-state index in [1.54, 1.807) is 6.20 Å². The lowest BCUT2D eigenvalue weighted by molar-refractivity contribution is 0.448. The van der Waals surface area contributed by atoms with Gasteiger partial charge in [-0.3, -0.25) is 0 Å². The SMILES string of the molecule is O[B]O.c1cnc2n[nH]nc2c1. The monoisotopic (exact) mass is 165 g/mol. The highest BCUT2D eigenvalue weighted by Crippen LogP contribution is 1.99. The van der Waals surface area contributed by atoms with E-state index < -0.39 is 0 Å². The lowest BCUT2D eigenvalue weighted by Crippen LogP contribution is -1.75. The molecule has 12 heavy (non-hydrogen) atoms. The summed E-state index contributed by atoms with van der Waals surface area (Å²) < 4.78 is 0. The Balaban J connectivity index is 0.000000213. The van der Waals surface area contributed by atoms with Crippen molar-refractivity contribution >= 4 is 18.8 Å². The maximum atomic E-state index is 7.00. The molecule has 7 heteroatoms. The van der Waals surface area contributed by atoms with Crippen LogP contribution in [0, 0.1) is 0 Å². The first-order valence-electron chi connectivity index (χ1n) is 3.10. The van der Waals surface area contributed by atoms with E-state index in [9.17, 15) is 0 Å². The van der Waals surface area contributed by atoms with Crippen LogP contribution in [0.5, 0.6) is 0 Å². The fraction of sp³-hybridized carbons (Fsp3) is 0. The molecule has 61 valence electrons. The summed E-state index contributed by atoms with van der Waals surface area (Å²) in [6.45, 7) is 0. The number of nitrogens with one attached hydrogen (secondary N) is 1. The second-order valence-corrected chi connectivity index (χ2v) is 1.79. The van der Waals surface area contributed by atoms with Crippen LogP contribution in [-0.4, -0.2) is 38.1 Å². The van der Waals surface area contributed by atoms with Gasteiger partial charge in [0.25, 0.3) is 0 Å². The van der Waals surface area contributed by atoms with Gasteiger partial charge in [0.2, 0.25) is 5.65 Å². The molecule has 0 fully saturated rings. The Hall–Kier alpha value is -1.47. The maximum absolute atomic E-state index is 7.00. The average Bonchev–Trinajstić information content (AvgIpc) is 2.52. The van der Waals surface area contributed by atoms with Crippen molar-refractivity contribution in [2.75, 3.05) is 0 Å². The van der Waals surface area contributed by atoms with Crippen LogP contribution < -0.4 is 0 Å². The van der Waals surface area contributed by atoms with Crippen LogP contribution in [0.2, 0.25) is 0 Å². The van der Waals surface area contributed by atoms with Gasteiger partial charge < -0.3 is 10.0 Å². The molecule has 0 aliphatic rings. The summed E-state index contributed by atoms with van der Waals surface area (Å²) in [7, 11) is 0. The van der Waals surface area contributed by atoms with Crippen LogP contribution >= 0.6 is 0 Å². The molecule has 3 N–H and O–H groups in total. The van der Waals surface area contributed by atoms with E-state index in [1.165, 1.54) is 0 Å². The number of hydrogen-bond acceptors (Lipinski definition) is 5. The molecular formula is C5H6BN4O2. The van der Waals surface area contributed by atoms with Gasteiger partial charge in [-0.2, -0.15) is 10.3 Å². The smallest absolute Gasteiger partial charge is 0.429 e. The summed E-state index contributed by atoms with van der Waals surface area (Å²) in [5.41, 5.74) is 1.47. The Labute approximate surface area is 68.6 Å². The summed E-state index contributed by atoms with van der Waals surface area (Å²) in [6.07, 6.45) is 1.69. The second kappa shape index (κ2) is 4.42. The van der Waals surface area contributed by atoms with Crippen molar-refractivity contribution in [1.82, 2.24) is 20.4 Å². The third kappa shape index (κ3) is 2.01. The maximum Gasteiger partial charge on any atom is 0.482 e. The zero-order valence-electron chi connectivity index (χ0n) is 6.05. The molecule has 2 heterocycles. The number of rotatable bonds is 0. The van der Waals surface area contributed by atoms with Crippen molar-refractivity contribution < 1.29 is 10.0 Å². The first kappa shape index (κ1) is 8.63. The van der Waals surface area contributed by atoms with Crippen molar-refractivity contribution in [3.63, 3.8) is 0 Å². The van der Waals surface area contributed by atoms with Crippen LogP contribution in [0.3, 0.4) is 0 Å². The number of aromatic amines is 1. The van der Waals surface area contributed by atoms with Crippen molar-refractivity contribution in [3.05, 3.63) is 18.3 Å². The van der Waals surface area contributed by atoms with Gasteiger partial charge in [-0.1, -0.05) is 0 Å². The molecule has 0 unspecified atom stereocenters. The summed E-state index contributed by atoms with van der Waals surface area (Å²) in [4.78, 5) is 3.94. The highest BCUT2D eigenvalue weighted by atomic mass is 16.4. The van der Waals surface area contributed by atoms with Gasteiger partial charge in [-0.25, -0.2) is 4.98 Å². The number of pyridine rings is 1. The molecule has 2 aromatic heterocycles.